The van der Waals surface area contributed by atoms with Gasteiger partial charge in [-0.25, -0.2) is 4.39 Å². The first kappa shape index (κ1) is 12.4. The topological polar surface area (TPSA) is 20.2 Å². The molecule has 0 aliphatic carbocycles. The van der Waals surface area contributed by atoms with E-state index in [2.05, 4.69) is 6.58 Å². The van der Waals surface area contributed by atoms with E-state index in [9.17, 15) is 4.39 Å². The summed E-state index contributed by atoms with van der Waals surface area (Å²) in [5, 5.41) is 9.09. The van der Waals surface area contributed by atoms with Crippen LogP contribution in [0.1, 0.15) is 33.6 Å². The van der Waals surface area contributed by atoms with Crippen LogP contribution >= 0.6 is 0 Å². The maximum absolute atomic E-state index is 13.4. The third-order valence-electron chi connectivity index (χ3n) is 2.24. The molecule has 0 spiro atoms. The van der Waals surface area contributed by atoms with E-state index in [4.69, 9.17) is 5.11 Å². The highest BCUT2D eigenvalue weighted by Gasteiger charge is 2.10. The summed E-state index contributed by atoms with van der Waals surface area (Å²) in [4.78, 5) is 0. The average molecular weight is 186 g/mol. The van der Waals surface area contributed by atoms with Crippen molar-refractivity contribution in [1.29, 1.82) is 0 Å². The molecule has 0 aromatic carbocycles. The lowest BCUT2D eigenvalue weighted by Gasteiger charge is -2.10. The molecule has 0 aromatic rings. The third-order valence-corrected chi connectivity index (χ3v) is 2.24. The van der Waals surface area contributed by atoms with Crippen LogP contribution in [0.5, 0.6) is 0 Å². The number of aliphatic hydroxyl groups is 1. The molecule has 0 amide bonds. The molecule has 0 bridgehead atoms. The van der Waals surface area contributed by atoms with E-state index in [0.29, 0.717) is 5.57 Å². The zero-order valence-corrected chi connectivity index (χ0v) is 8.68. The van der Waals surface area contributed by atoms with Gasteiger partial charge in [-0.1, -0.05) is 20.4 Å². The van der Waals surface area contributed by atoms with Crippen LogP contribution < -0.4 is 0 Å². The van der Waals surface area contributed by atoms with Crippen LogP contribution in [0.15, 0.2) is 24.1 Å². The van der Waals surface area contributed by atoms with Gasteiger partial charge in [0.15, 0.2) is 0 Å². The molecule has 1 atom stereocenters. The van der Waals surface area contributed by atoms with Crippen molar-refractivity contribution in [3.8, 4) is 0 Å². The second-order valence-electron chi connectivity index (χ2n) is 3.29. The van der Waals surface area contributed by atoms with Crippen LogP contribution in [-0.2, 0) is 0 Å². The van der Waals surface area contributed by atoms with Crippen LogP contribution in [0.25, 0.3) is 0 Å². The van der Waals surface area contributed by atoms with Crippen LogP contribution in [0, 0.1) is 5.92 Å². The first-order valence-corrected chi connectivity index (χ1v) is 4.76. The van der Waals surface area contributed by atoms with Gasteiger partial charge in [-0.3, -0.25) is 0 Å². The number of halogens is 1. The van der Waals surface area contributed by atoms with Gasteiger partial charge in [0, 0.05) is 5.92 Å². The zero-order chi connectivity index (χ0) is 10.4. The lowest BCUT2D eigenvalue weighted by molar-refractivity contribution is 0.235. The van der Waals surface area contributed by atoms with Crippen LogP contribution in [0.2, 0.25) is 0 Å². The second-order valence-corrected chi connectivity index (χ2v) is 3.29. The quantitative estimate of drug-likeness (QED) is 0.654. The molecule has 0 fully saturated rings. The third kappa shape index (κ3) is 4.23. The molecular weight excluding hydrogens is 167 g/mol. The van der Waals surface area contributed by atoms with Gasteiger partial charge in [-0.2, -0.15) is 0 Å². The Morgan fingerprint density at radius 3 is 2.23 bits per heavy atom. The van der Waals surface area contributed by atoms with E-state index in [1.54, 1.807) is 6.92 Å². The molecule has 0 unspecified atom stereocenters. The van der Waals surface area contributed by atoms with Gasteiger partial charge in [0.2, 0.25) is 0 Å². The van der Waals surface area contributed by atoms with Gasteiger partial charge in [0.05, 0.1) is 6.10 Å². The summed E-state index contributed by atoms with van der Waals surface area (Å²) in [6.07, 6.45) is 2.25. The first-order chi connectivity index (χ1) is 6.02. The Morgan fingerprint density at radius 2 is 1.92 bits per heavy atom. The fourth-order valence-electron chi connectivity index (χ4n) is 1.09. The number of allylic oxidation sites excluding steroid dienone is 1. The van der Waals surface area contributed by atoms with Crippen molar-refractivity contribution in [3.05, 3.63) is 24.1 Å². The molecule has 0 aliphatic heterocycles. The molecular formula is C11H19FO. The molecule has 1 N–H and O–H groups in total. The summed E-state index contributed by atoms with van der Waals surface area (Å²) in [5.74, 6) is -0.202. The Balaban J connectivity index is 4.37. The Kier molecular flexibility index (Phi) is 5.63. The first-order valence-electron chi connectivity index (χ1n) is 4.76. The number of hydrogen-bond donors (Lipinski definition) is 1. The van der Waals surface area contributed by atoms with Gasteiger partial charge in [0.25, 0.3) is 0 Å². The molecule has 0 heterocycles. The van der Waals surface area contributed by atoms with E-state index in [1.807, 2.05) is 13.8 Å². The normalized spacial score (nSPS) is 14.8. The van der Waals surface area contributed by atoms with Crippen molar-refractivity contribution in [2.75, 3.05) is 0 Å². The Morgan fingerprint density at radius 1 is 1.46 bits per heavy atom. The van der Waals surface area contributed by atoms with E-state index in [0.717, 1.165) is 12.8 Å². The highest BCUT2D eigenvalue weighted by molar-refractivity contribution is 5.21. The second kappa shape index (κ2) is 5.92. The van der Waals surface area contributed by atoms with Crippen molar-refractivity contribution in [2.24, 2.45) is 5.92 Å². The monoisotopic (exact) mass is 186 g/mol. The Hall–Kier alpha value is -0.630. The van der Waals surface area contributed by atoms with E-state index in [1.165, 1.54) is 6.08 Å². The molecule has 2 heteroatoms. The molecule has 0 rings (SSSR count). The minimum atomic E-state index is -0.667. The minimum Gasteiger partial charge on any atom is -0.389 e. The highest BCUT2D eigenvalue weighted by Crippen LogP contribution is 2.21. The van der Waals surface area contributed by atoms with Crippen LogP contribution in [0.4, 0.5) is 4.39 Å². The van der Waals surface area contributed by atoms with E-state index in [-0.39, 0.29) is 11.7 Å². The predicted octanol–water partition coefficient (Wildman–Crippen LogP) is 3.21. The van der Waals surface area contributed by atoms with Crippen molar-refractivity contribution < 1.29 is 9.50 Å². The molecule has 0 aliphatic rings. The van der Waals surface area contributed by atoms with Gasteiger partial charge in [-0.05, 0) is 31.4 Å². The van der Waals surface area contributed by atoms with E-state index >= 15 is 0 Å². The maximum atomic E-state index is 13.4. The highest BCUT2D eigenvalue weighted by atomic mass is 19.1. The average Bonchev–Trinajstić information content (AvgIpc) is 2.06. The zero-order valence-electron chi connectivity index (χ0n) is 8.68. The lowest BCUT2D eigenvalue weighted by atomic mass is 10.00. The molecule has 1 nitrogen and oxygen atoms in total. The van der Waals surface area contributed by atoms with Crippen molar-refractivity contribution in [3.63, 3.8) is 0 Å². The molecule has 0 saturated carbocycles. The van der Waals surface area contributed by atoms with E-state index < -0.39 is 6.10 Å². The lowest BCUT2D eigenvalue weighted by Crippen LogP contribution is -2.03. The van der Waals surface area contributed by atoms with Crippen LogP contribution in [-0.4, -0.2) is 11.2 Å². The Bertz CT molecular complexity index is 190. The van der Waals surface area contributed by atoms with Crippen LogP contribution in [0.3, 0.4) is 0 Å². The predicted molar refractivity (Wildman–Crippen MR) is 54.1 cm³/mol. The van der Waals surface area contributed by atoms with Gasteiger partial charge in [-0.15, -0.1) is 0 Å². The van der Waals surface area contributed by atoms with Crippen molar-refractivity contribution >= 4 is 0 Å². The molecule has 0 aromatic heterocycles. The summed E-state index contributed by atoms with van der Waals surface area (Å²) in [6, 6.07) is 0. The molecule has 0 saturated heterocycles. The molecule has 13 heavy (non-hydrogen) atoms. The smallest absolute Gasteiger partial charge is 0.103 e. The molecule has 0 radical (unpaired) electrons. The largest absolute Gasteiger partial charge is 0.389 e. The summed E-state index contributed by atoms with van der Waals surface area (Å²) in [5.41, 5.74) is 0.435. The van der Waals surface area contributed by atoms with Gasteiger partial charge in [0.1, 0.15) is 5.83 Å². The fraction of sp³-hybridized carbons (Fsp3) is 0.636. The summed E-state index contributed by atoms with van der Waals surface area (Å²) < 4.78 is 13.4. The minimum absolute atomic E-state index is 0.0319. The standard InChI is InChI=1S/C11H19FO/c1-5-10(6-2)11(12)7-8(3)9(4)13/h7,9-10,13H,3,5-6H2,1-2,4H3/b11-7+/t9-/m0/s1. The molecule has 76 valence electrons. The Labute approximate surface area is 80.0 Å². The summed E-state index contributed by atoms with van der Waals surface area (Å²) in [6.45, 7) is 9.06. The summed E-state index contributed by atoms with van der Waals surface area (Å²) in [7, 11) is 0. The summed E-state index contributed by atoms with van der Waals surface area (Å²) >= 11 is 0. The SMILES string of the molecule is C=C(/C=C(/F)C(CC)CC)[C@H](C)O. The number of rotatable bonds is 5. The maximum Gasteiger partial charge on any atom is 0.103 e. The van der Waals surface area contributed by atoms with Crippen molar-refractivity contribution in [2.45, 2.75) is 39.7 Å². The van der Waals surface area contributed by atoms with Gasteiger partial charge < -0.3 is 5.11 Å². The van der Waals surface area contributed by atoms with Gasteiger partial charge >= 0.3 is 0 Å². The number of hydrogen-bond acceptors (Lipinski definition) is 1. The fourth-order valence-corrected chi connectivity index (χ4v) is 1.09. The number of aliphatic hydroxyl groups excluding tert-OH is 1. The van der Waals surface area contributed by atoms with Crippen molar-refractivity contribution in [1.82, 2.24) is 0 Å².